The zero-order chi connectivity index (χ0) is 4.00. The van der Waals surface area contributed by atoms with E-state index in [1.165, 1.54) is 0 Å². The molecule has 0 fully saturated rings. The summed E-state index contributed by atoms with van der Waals surface area (Å²) in [7, 11) is 0. The van der Waals surface area contributed by atoms with Gasteiger partial charge in [0.1, 0.15) is 0 Å². The molecule has 0 saturated heterocycles. The predicted octanol–water partition coefficient (Wildman–Crippen LogP) is 0.934. The van der Waals surface area contributed by atoms with Crippen LogP contribution in [0.1, 0.15) is 6.92 Å². The molecule has 0 heterocycles. The average Bonchev–Trinajstić information content (AvgIpc) is 1.50. The van der Waals surface area contributed by atoms with Crippen LogP contribution in [0.5, 0.6) is 0 Å². The first-order valence-corrected chi connectivity index (χ1v) is 0.931. The Morgan fingerprint density at radius 3 is 1.40 bits per heavy atom. The average molecular weight is 111 g/mol. The van der Waals surface area contributed by atoms with E-state index < -0.39 is 0 Å². The molecule has 0 aromatic carbocycles. The molecule has 0 unspecified atom stereocenters. The van der Waals surface area contributed by atoms with Gasteiger partial charge in [0.2, 0.25) is 0 Å². The van der Waals surface area contributed by atoms with E-state index in [1.807, 2.05) is 0 Å². The van der Waals surface area contributed by atoms with E-state index in [9.17, 15) is 0 Å². The second kappa shape index (κ2) is 404000. The van der Waals surface area contributed by atoms with Crippen molar-refractivity contribution in [1.29, 1.82) is 5.26 Å². The Balaban J connectivity index is -0.0000000133. The Morgan fingerprint density at radius 2 is 1.40 bits per heavy atom. The topological polar surface area (TPSA) is 23.8 Å². The first-order chi connectivity index (χ1) is 2.00. The first-order valence-electron chi connectivity index (χ1n) is 0.931. The van der Waals surface area contributed by atoms with Crippen LogP contribution in [0.2, 0.25) is 0 Å². The summed E-state index contributed by atoms with van der Waals surface area (Å²) in [6.07, 6.45) is 0. The molecule has 0 aliphatic carbocycles. The van der Waals surface area contributed by atoms with E-state index in [4.69, 9.17) is 11.8 Å². The Kier molecular flexibility index (Phi) is 1610000. The van der Waals surface area contributed by atoms with E-state index >= 15 is 0 Å². The summed E-state index contributed by atoms with van der Waals surface area (Å²) in [5.74, 6) is 0. The predicted molar refractivity (Wildman–Crippen MR) is 16.0 cm³/mol. The molecule has 0 atom stereocenters. The Hall–Kier alpha value is 0.00948. The zero-order valence-electron chi connectivity index (χ0n) is 3.01. The van der Waals surface area contributed by atoms with Crippen LogP contribution in [0, 0.1) is 18.8 Å². The van der Waals surface area contributed by atoms with Crippen molar-refractivity contribution in [3.8, 4) is 0 Å². The van der Waals surface area contributed by atoms with E-state index in [0.717, 1.165) is 0 Å². The van der Waals surface area contributed by atoms with Crippen molar-refractivity contribution >= 4 is 0 Å². The summed E-state index contributed by atoms with van der Waals surface area (Å²) in [4.78, 5) is 0. The first kappa shape index (κ1) is 19.9. The van der Waals surface area contributed by atoms with Gasteiger partial charge in [-0.1, -0.05) is 0 Å². The maximum Gasteiger partial charge on any atom is 2.00 e. The second-order valence-electron chi connectivity index (χ2n) is 0. The van der Waals surface area contributed by atoms with Crippen LogP contribution < -0.4 is 0 Å². The minimum absolute atomic E-state index is 0. The van der Waals surface area contributed by atoms with Crippen LogP contribution in [0.25, 0.3) is 0 Å². The summed E-state index contributed by atoms with van der Waals surface area (Å²) < 4.78 is 0. The van der Waals surface area contributed by atoms with Gasteiger partial charge in [-0.15, -0.1) is 0 Å². The minimum Gasteiger partial charge on any atom is -0.512 e. The molecule has 1 nitrogen and oxygen atoms in total. The normalized spacial score (nSPS) is 1.60. The van der Waals surface area contributed by atoms with Crippen LogP contribution in [0.4, 0.5) is 0 Å². The van der Waals surface area contributed by atoms with Crippen LogP contribution >= 0.6 is 0 Å². The van der Waals surface area contributed by atoms with Crippen LogP contribution in [0.3, 0.4) is 0 Å². The molecule has 0 spiro atoms. The Morgan fingerprint density at radius 1 is 1.40 bits per heavy atom. The van der Waals surface area contributed by atoms with Gasteiger partial charge in [-0.3, -0.25) is 0 Å². The molecule has 5 heavy (non-hydrogen) atoms. The molecular formula is C3H5FeN. The minimum atomic E-state index is 0. The quantitative estimate of drug-likeness (QED) is 0.337. The van der Waals surface area contributed by atoms with Crippen molar-refractivity contribution < 1.29 is 17.1 Å². The molecule has 0 rings (SSSR count). The third kappa shape index (κ3) is 180000. The van der Waals surface area contributed by atoms with E-state index in [2.05, 4.69) is 6.92 Å². The van der Waals surface area contributed by atoms with Gasteiger partial charge in [0.05, 0.1) is 0 Å². The fraction of sp³-hybridized carbons (Fsp3) is 0.333. The molecule has 0 aliphatic heterocycles. The largest absolute Gasteiger partial charge is 2.00 e. The standard InChI is InChI=1S/C2H5.CN.Fe/c2*1-2;/h1H2,2H3;;/q2*-1;+2. The zero-order valence-corrected chi connectivity index (χ0v) is 4.11. The maximum absolute atomic E-state index is 6.25. The summed E-state index contributed by atoms with van der Waals surface area (Å²) in [6, 6.07) is 0. The smallest absolute Gasteiger partial charge is 0.512 e. The monoisotopic (exact) mass is 111 g/mol. The number of nitrogens with zero attached hydrogens (tertiary/aromatic N) is 1. The molecule has 0 saturated carbocycles. The molecule has 0 bridgehead atoms. The number of hydrogen-bond donors (Lipinski definition) is 0. The van der Waals surface area contributed by atoms with Gasteiger partial charge >= 0.3 is 17.1 Å². The summed E-state index contributed by atoms with van der Waals surface area (Å²) >= 11 is 0. The Labute approximate surface area is 43.5 Å². The summed E-state index contributed by atoms with van der Waals surface area (Å²) in [5, 5.41) is 6.25. The van der Waals surface area contributed by atoms with Crippen molar-refractivity contribution in [2.75, 3.05) is 0 Å². The van der Waals surface area contributed by atoms with Gasteiger partial charge in [-0.25, -0.2) is 0 Å². The van der Waals surface area contributed by atoms with E-state index in [-0.39, 0.29) is 17.1 Å². The van der Waals surface area contributed by atoms with E-state index in [1.54, 1.807) is 6.92 Å². The van der Waals surface area contributed by atoms with Crippen molar-refractivity contribution in [3.05, 3.63) is 13.5 Å². The molecule has 0 N–H and O–H groups in total. The molecule has 0 aromatic rings. The third-order valence-corrected chi connectivity index (χ3v) is 0. The molecule has 2 heteroatoms. The summed E-state index contributed by atoms with van der Waals surface area (Å²) in [5.41, 5.74) is 0. The number of hydrogen-bond acceptors (Lipinski definition) is 1. The van der Waals surface area contributed by atoms with Crippen LogP contribution in [0.15, 0.2) is 0 Å². The molecular weight excluding hydrogens is 106 g/mol. The fourth-order valence-corrected chi connectivity index (χ4v) is 0. The van der Waals surface area contributed by atoms with Gasteiger partial charge in [-0.05, 0) is 0 Å². The van der Waals surface area contributed by atoms with Crippen LogP contribution in [-0.4, -0.2) is 0 Å². The van der Waals surface area contributed by atoms with Gasteiger partial charge in [0.15, 0.2) is 0 Å². The summed E-state index contributed by atoms with van der Waals surface area (Å²) in [6.45, 7) is 9.75. The van der Waals surface area contributed by atoms with Gasteiger partial charge in [0, 0.05) is 0 Å². The van der Waals surface area contributed by atoms with Crippen molar-refractivity contribution in [2.45, 2.75) is 6.92 Å². The molecule has 0 aromatic heterocycles. The van der Waals surface area contributed by atoms with Gasteiger partial charge < -0.3 is 18.8 Å². The van der Waals surface area contributed by atoms with Gasteiger partial charge in [-0.2, -0.15) is 6.92 Å². The van der Waals surface area contributed by atoms with Gasteiger partial charge in [0.25, 0.3) is 0 Å². The molecule has 0 aliphatic rings. The molecule has 0 amide bonds. The van der Waals surface area contributed by atoms with Crippen molar-refractivity contribution in [2.24, 2.45) is 0 Å². The fourth-order valence-electron chi connectivity index (χ4n) is 0. The Bertz CT molecular complexity index is 11.6. The SMILES string of the molecule is [C-]#N.[CH2-]C.[Fe+2]. The second-order valence-corrected chi connectivity index (χ2v) is 0. The molecule has 0 radical (unpaired) electrons. The van der Waals surface area contributed by atoms with Crippen molar-refractivity contribution in [1.82, 2.24) is 0 Å². The maximum atomic E-state index is 6.25. The molecule has 30 valence electrons. The van der Waals surface area contributed by atoms with Crippen LogP contribution in [-0.2, 0) is 17.1 Å². The third-order valence-electron chi connectivity index (χ3n) is 0. The van der Waals surface area contributed by atoms with E-state index in [0.29, 0.717) is 0 Å². The number of rotatable bonds is 0. The van der Waals surface area contributed by atoms with Crippen molar-refractivity contribution in [3.63, 3.8) is 0 Å².